The first-order valence-corrected chi connectivity index (χ1v) is 7.09. The molecule has 1 aliphatic rings. The lowest BCUT2D eigenvalue weighted by Crippen LogP contribution is -2.53. The quantitative estimate of drug-likeness (QED) is 0.713. The van der Waals surface area contributed by atoms with E-state index in [4.69, 9.17) is 9.47 Å². The van der Waals surface area contributed by atoms with Gasteiger partial charge in [-0.3, -0.25) is 0 Å². The maximum Gasteiger partial charge on any atom is 0.0641 e. The molecule has 18 heavy (non-hydrogen) atoms. The van der Waals surface area contributed by atoms with E-state index in [1.807, 2.05) is 0 Å². The van der Waals surface area contributed by atoms with Gasteiger partial charge >= 0.3 is 0 Å². The van der Waals surface area contributed by atoms with Crippen LogP contribution in [0.25, 0.3) is 0 Å². The lowest BCUT2D eigenvalue weighted by molar-refractivity contribution is 0.0680. The predicted molar refractivity (Wildman–Crippen MR) is 75.0 cm³/mol. The molecule has 0 aromatic carbocycles. The molecule has 0 saturated carbocycles. The minimum atomic E-state index is 0.151. The number of nitrogens with one attached hydrogen (secondary N) is 1. The first-order chi connectivity index (χ1) is 8.63. The zero-order valence-electron chi connectivity index (χ0n) is 12.5. The first-order valence-electron chi connectivity index (χ1n) is 7.09. The number of ether oxygens (including phenoxy) is 2. The van der Waals surface area contributed by atoms with Gasteiger partial charge in [-0.05, 0) is 38.8 Å². The van der Waals surface area contributed by atoms with Gasteiger partial charge in [0.2, 0.25) is 0 Å². The van der Waals surface area contributed by atoms with E-state index >= 15 is 0 Å². The van der Waals surface area contributed by atoms with Gasteiger partial charge in [0.25, 0.3) is 0 Å². The standard InChI is InChI=1S/C14H30N2O2/c1-5-16(8-9-17-3)11-13-6-7-15-14(2,10-13)12-18-4/h13,15H,5-12H2,1-4H3. The Balaban J connectivity index is 2.40. The van der Waals surface area contributed by atoms with Gasteiger partial charge in [0.15, 0.2) is 0 Å². The molecule has 0 aromatic rings. The number of piperidine rings is 1. The molecule has 4 heteroatoms. The lowest BCUT2D eigenvalue weighted by atomic mass is 9.83. The summed E-state index contributed by atoms with van der Waals surface area (Å²) >= 11 is 0. The molecule has 0 aromatic heterocycles. The van der Waals surface area contributed by atoms with Crippen LogP contribution in [0, 0.1) is 5.92 Å². The summed E-state index contributed by atoms with van der Waals surface area (Å²) in [5, 5.41) is 3.59. The summed E-state index contributed by atoms with van der Waals surface area (Å²) in [6, 6.07) is 0. The number of hydrogen-bond acceptors (Lipinski definition) is 4. The van der Waals surface area contributed by atoms with E-state index in [0.29, 0.717) is 0 Å². The monoisotopic (exact) mass is 258 g/mol. The molecule has 4 nitrogen and oxygen atoms in total. The molecule has 0 spiro atoms. The zero-order valence-corrected chi connectivity index (χ0v) is 12.5. The van der Waals surface area contributed by atoms with Gasteiger partial charge in [-0.1, -0.05) is 6.92 Å². The Morgan fingerprint density at radius 1 is 1.33 bits per heavy atom. The fraction of sp³-hybridized carbons (Fsp3) is 1.00. The molecule has 1 N–H and O–H groups in total. The summed E-state index contributed by atoms with van der Waals surface area (Å²) in [5.74, 6) is 0.767. The van der Waals surface area contributed by atoms with Crippen molar-refractivity contribution in [1.29, 1.82) is 0 Å². The van der Waals surface area contributed by atoms with E-state index in [1.165, 1.54) is 19.4 Å². The third kappa shape index (κ3) is 5.22. The van der Waals surface area contributed by atoms with Crippen molar-refractivity contribution in [3.63, 3.8) is 0 Å². The Bertz CT molecular complexity index is 222. The summed E-state index contributed by atoms with van der Waals surface area (Å²) in [6.07, 6.45) is 2.47. The Hall–Kier alpha value is -0.160. The molecular weight excluding hydrogens is 228 g/mol. The van der Waals surface area contributed by atoms with Crippen molar-refractivity contribution in [2.24, 2.45) is 5.92 Å². The van der Waals surface area contributed by atoms with E-state index in [0.717, 1.165) is 38.8 Å². The van der Waals surface area contributed by atoms with Gasteiger partial charge in [-0.25, -0.2) is 0 Å². The van der Waals surface area contributed by atoms with Crippen LogP contribution < -0.4 is 5.32 Å². The minimum absolute atomic E-state index is 0.151. The molecule has 1 rings (SSSR count). The normalized spacial score (nSPS) is 28.8. The highest BCUT2D eigenvalue weighted by molar-refractivity contribution is 4.90. The third-order valence-corrected chi connectivity index (χ3v) is 3.88. The van der Waals surface area contributed by atoms with E-state index < -0.39 is 0 Å². The molecule has 1 aliphatic heterocycles. The van der Waals surface area contributed by atoms with E-state index in [-0.39, 0.29) is 5.54 Å². The van der Waals surface area contributed by atoms with E-state index in [9.17, 15) is 0 Å². The molecule has 2 unspecified atom stereocenters. The molecule has 0 bridgehead atoms. The van der Waals surface area contributed by atoms with Crippen molar-refractivity contribution in [2.45, 2.75) is 32.2 Å². The highest BCUT2D eigenvalue weighted by Gasteiger charge is 2.32. The topological polar surface area (TPSA) is 33.7 Å². The predicted octanol–water partition coefficient (Wildman–Crippen LogP) is 1.36. The molecule has 1 fully saturated rings. The molecule has 0 aliphatic carbocycles. The molecule has 108 valence electrons. The maximum atomic E-state index is 5.33. The smallest absolute Gasteiger partial charge is 0.0641 e. The highest BCUT2D eigenvalue weighted by atomic mass is 16.5. The Kier molecular flexibility index (Phi) is 7.15. The van der Waals surface area contributed by atoms with Gasteiger partial charge < -0.3 is 19.7 Å². The van der Waals surface area contributed by atoms with Crippen molar-refractivity contribution >= 4 is 0 Å². The Morgan fingerprint density at radius 3 is 2.72 bits per heavy atom. The summed E-state index contributed by atoms with van der Waals surface area (Å²) in [7, 11) is 3.56. The Labute approximate surface area is 112 Å². The SMILES string of the molecule is CCN(CCOC)CC1CCNC(C)(COC)C1. The highest BCUT2D eigenvalue weighted by Crippen LogP contribution is 2.25. The van der Waals surface area contributed by atoms with Crippen LogP contribution in [0.3, 0.4) is 0 Å². The number of hydrogen-bond donors (Lipinski definition) is 1. The molecular formula is C14H30N2O2. The summed E-state index contributed by atoms with van der Waals surface area (Å²) in [5.41, 5.74) is 0.151. The summed E-state index contributed by atoms with van der Waals surface area (Å²) in [6.45, 7) is 10.6. The average molecular weight is 258 g/mol. The fourth-order valence-electron chi connectivity index (χ4n) is 2.94. The van der Waals surface area contributed by atoms with Gasteiger partial charge in [0, 0.05) is 32.8 Å². The van der Waals surface area contributed by atoms with Gasteiger partial charge in [-0.2, -0.15) is 0 Å². The zero-order chi connectivity index (χ0) is 13.4. The second-order valence-electron chi connectivity index (χ2n) is 5.67. The molecule has 0 amide bonds. The van der Waals surface area contributed by atoms with Crippen LogP contribution in [-0.2, 0) is 9.47 Å². The average Bonchev–Trinajstić information content (AvgIpc) is 2.34. The van der Waals surface area contributed by atoms with Gasteiger partial charge in [-0.15, -0.1) is 0 Å². The van der Waals surface area contributed by atoms with Crippen molar-refractivity contribution in [2.75, 3.05) is 53.6 Å². The number of rotatable bonds is 8. The second kappa shape index (κ2) is 8.10. The van der Waals surface area contributed by atoms with Crippen LogP contribution in [0.5, 0.6) is 0 Å². The minimum Gasteiger partial charge on any atom is -0.383 e. The number of nitrogens with zero attached hydrogens (tertiary/aromatic N) is 1. The lowest BCUT2D eigenvalue weighted by Gasteiger charge is -2.40. The van der Waals surface area contributed by atoms with Crippen LogP contribution in [0.2, 0.25) is 0 Å². The maximum absolute atomic E-state index is 5.33. The van der Waals surface area contributed by atoms with Crippen molar-refractivity contribution in [3.05, 3.63) is 0 Å². The molecule has 1 heterocycles. The van der Waals surface area contributed by atoms with Crippen LogP contribution in [0.4, 0.5) is 0 Å². The van der Waals surface area contributed by atoms with Crippen molar-refractivity contribution in [1.82, 2.24) is 10.2 Å². The van der Waals surface area contributed by atoms with Gasteiger partial charge in [0.1, 0.15) is 0 Å². The fourth-order valence-corrected chi connectivity index (χ4v) is 2.94. The van der Waals surface area contributed by atoms with Crippen molar-refractivity contribution < 1.29 is 9.47 Å². The van der Waals surface area contributed by atoms with Crippen LogP contribution in [-0.4, -0.2) is 64.1 Å². The van der Waals surface area contributed by atoms with Crippen LogP contribution in [0.15, 0.2) is 0 Å². The van der Waals surface area contributed by atoms with E-state index in [1.54, 1.807) is 14.2 Å². The number of methoxy groups -OCH3 is 2. The van der Waals surface area contributed by atoms with Crippen LogP contribution in [0.1, 0.15) is 26.7 Å². The second-order valence-corrected chi connectivity index (χ2v) is 5.67. The molecule has 0 radical (unpaired) electrons. The van der Waals surface area contributed by atoms with E-state index in [2.05, 4.69) is 24.1 Å². The first kappa shape index (κ1) is 15.9. The Morgan fingerprint density at radius 2 is 2.11 bits per heavy atom. The van der Waals surface area contributed by atoms with Crippen molar-refractivity contribution in [3.8, 4) is 0 Å². The van der Waals surface area contributed by atoms with Gasteiger partial charge in [0.05, 0.1) is 13.2 Å². The summed E-state index contributed by atoms with van der Waals surface area (Å²) in [4.78, 5) is 2.49. The molecule has 2 atom stereocenters. The molecule has 1 saturated heterocycles. The summed E-state index contributed by atoms with van der Waals surface area (Å²) < 4.78 is 10.5. The largest absolute Gasteiger partial charge is 0.383 e. The van der Waals surface area contributed by atoms with Crippen LogP contribution >= 0.6 is 0 Å². The number of likely N-dealkylation sites (N-methyl/N-ethyl adjacent to an activating group) is 1. The third-order valence-electron chi connectivity index (χ3n) is 3.88.